The van der Waals surface area contributed by atoms with Gasteiger partial charge in [0.1, 0.15) is 0 Å². The van der Waals surface area contributed by atoms with Crippen molar-refractivity contribution in [2.24, 2.45) is 0 Å². The van der Waals surface area contributed by atoms with Crippen LogP contribution in [0.15, 0.2) is 18.2 Å². The Morgan fingerprint density at radius 2 is 1.30 bits per heavy atom. The number of aryl methyl sites for hydroxylation is 2. The average molecular weight is 184 g/mol. The predicted molar refractivity (Wildman–Crippen MR) is 40.7 cm³/mol. The van der Waals surface area contributed by atoms with Gasteiger partial charge in [-0.25, -0.2) is 0 Å². The van der Waals surface area contributed by atoms with Gasteiger partial charge >= 0.3 is 0 Å². The summed E-state index contributed by atoms with van der Waals surface area (Å²) in [4.78, 5) is 0. The molecule has 0 bridgehead atoms. The molecule has 0 atom stereocenters. The molecule has 1 heteroatoms. The maximum atomic E-state index is 2.16. The summed E-state index contributed by atoms with van der Waals surface area (Å²) >= 11 is 0. The molecule has 0 saturated carbocycles. The Kier molecular flexibility index (Phi) is 3.70. The first-order valence-electron chi connectivity index (χ1n) is 3.24. The van der Waals surface area contributed by atoms with Gasteiger partial charge in [0.05, 0.1) is 0 Å². The standard InChI is InChI=1S/C9H12.Cu/c1-7-5-4-6-8(2)9(7)3;/h4-6H,1-3H3;. The van der Waals surface area contributed by atoms with Crippen molar-refractivity contribution < 1.29 is 17.1 Å². The van der Waals surface area contributed by atoms with Gasteiger partial charge < -0.3 is 0 Å². The molecule has 0 amide bonds. The molecule has 0 saturated heterocycles. The van der Waals surface area contributed by atoms with Crippen LogP contribution in [0.1, 0.15) is 16.7 Å². The fourth-order valence-corrected chi connectivity index (χ4v) is 0.898. The summed E-state index contributed by atoms with van der Waals surface area (Å²) in [5, 5.41) is 0. The van der Waals surface area contributed by atoms with Gasteiger partial charge in [-0.05, 0) is 37.5 Å². The van der Waals surface area contributed by atoms with Crippen LogP contribution in [0, 0.1) is 20.8 Å². The molecule has 1 aromatic carbocycles. The van der Waals surface area contributed by atoms with Crippen LogP contribution < -0.4 is 0 Å². The van der Waals surface area contributed by atoms with Crippen LogP contribution in [0.3, 0.4) is 0 Å². The molecule has 0 aliphatic carbocycles. The van der Waals surface area contributed by atoms with E-state index in [4.69, 9.17) is 0 Å². The zero-order valence-electron chi connectivity index (χ0n) is 6.53. The summed E-state index contributed by atoms with van der Waals surface area (Å²) in [5.41, 5.74) is 4.18. The molecule has 0 unspecified atom stereocenters. The first kappa shape index (κ1) is 9.74. The second-order valence-corrected chi connectivity index (χ2v) is 2.52. The van der Waals surface area contributed by atoms with E-state index in [1.165, 1.54) is 16.7 Å². The average Bonchev–Trinajstić information content (AvgIpc) is 1.83. The maximum absolute atomic E-state index is 2.16. The molecule has 1 radical (unpaired) electrons. The van der Waals surface area contributed by atoms with E-state index >= 15 is 0 Å². The molecule has 0 spiro atoms. The number of benzene rings is 1. The topological polar surface area (TPSA) is 0 Å². The molecular weight excluding hydrogens is 172 g/mol. The smallest absolute Gasteiger partial charge is 0 e. The van der Waals surface area contributed by atoms with Gasteiger partial charge in [0.25, 0.3) is 0 Å². The summed E-state index contributed by atoms with van der Waals surface area (Å²) in [6, 6.07) is 6.38. The van der Waals surface area contributed by atoms with E-state index in [1.807, 2.05) is 0 Å². The molecule has 0 aliphatic rings. The van der Waals surface area contributed by atoms with Crippen molar-refractivity contribution in [2.45, 2.75) is 20.8 Å². The third-order valence-corrected chi connectivity index (χ3v) is 1.88. The van der Waals surface area contributed by atoms with Crippen molar-refractivity contribution in [3.63, 3.8) is 0 Å². The minimum absolute atomic E-state index is 0. The van der Waals surface area contributed by atoms with E-state index in [0.29, 0.717) is 0 Å². The Morgan fingerprint density at radius 3 is 1.60 bits per heavy atom. The zero-order valence-corrected chi connectivity index (χ0v) is 7.48. The Labute approximate surface area is 73.1 Å². The Bertz CT molecular complexity index is 196. The zero-order chi connectivity index (χ0) is 6.85. The van der Waals surface area contributed by atoms with Gasteiger partial charge in [-0.15, -0.1) is 0 Å². The minimum Gasteiger partial charge on any atom is -0.0617 e. The second kappa shape index (κ2) is 3.80. The van der Waals surface area contributed by atoms with E-state index in [1.54, 1.807) is 0 Å². The minimum atomic E-state index is 0. The van der Waals surface area contributed by atoms with Crippen LogP contribution in [-0.4, -0.2) is 0 Å². The first-order valence-corrected chi connectivity index (χ1v) is 3.24. The summed E-state index contributed by atoms with van der Waals surface area (Å²) in [7, 11) is 0. The first-order chi connectivity index (χ1) is 4.22. The van der Waals surface area contributed by atoms with Crippen molar-refractivity contribution in [1.82, 2.24) is 0 Å². The SMILES string of the molecule is Cc1cccc(C)c1C.[Cu]. The molecule has 59 valence electrons. The quantitative estimate of drug-likeness (QED) is 0.543. The number of rotatable bonds is 0. The number of hydrogen-bond donors (Lipinski definition) is 0. The molecular formula is C9H12Cu. The van der Waals surface area contributed by atoms with Crippen LogP contribution in [-0.2, 0) is 17.1 Å². The van der Waals surface area contributed by atoms with Crippen LogP contribution in [0.5, 0.6) is 0 Å². The molecule has 0 aliphatic heterocycles. The van der Waals surface area contributed by atoms with Gasteiger partial charge in [-0.2, -0.15) is 0 Å². The van der Waals surface area contributed by atoms with E-state index in [9.17, 15) is 0 Å². The third-order valence-electron chi connectivity index (χ3n) is 1.88. The Morgan fingerprint density at radius 1 is 0.900 bits per heavy atom. The molecule has 10 heavy (non-hydrogen) atoms. The van der Waals surface area contributed by atoms with E-state index in [0.717, 1.165) is 0 Å². The monoisotopic (exact) mass is 183 g/mol. The van der Waals surface area contributed by atoms with Crippen molar-refractivity contribution in [2.75, 3.05) is 0 Å². The molecule has 0 fully saturated rings. The fourth-order valence-electron chi connectivity index (χ4n) is 0.898. The fraction of sp³-hybridized carbons (Fsp3) is 0.333. The van der Waals surface area contributed by atoms with Crippen LogP contribution in [0.4, 0.5) is 0 Å². The molecule has 0 heterocycles. The van der Waals surface area contributed by atoms with Gasteiger partial charge in [0.2, 0.25) is 0 Å². The van der Waals surface area contributed by atoms with E-state index < -0.39 is 0 Å². The largest absolute Gasteiger partial charge is 0.0617 e. The normalized spacial score (nSPS) is 8.70. The Hall–Kier alpha value is -0.261. The van der Waals surface area contributed by atoms with E-state index in [-0.39, 0.29) is 17.1 Å². The van der Waals surface area contributed by atoms with Gasteiger partial charge in [-0.3, -0.25) is 0 Å². The summed E-state index contributed by atoms with van der Waals surface area (Å²) in [6.07, 6.45) is 0. The number of hydrogen-bond acceptors (Lipinski definition) is 0. The molecule has 1 aromatic rings. The summed E-state index contributed by atoms with van der Waals surface area (Å²) < 4.78 is 0. The van der Waals surface area contributed by atoms with Gasteiger partial charge in [-0.1, -0.05) is 18.2 Å². The summed E-state index contributed by atoms with van der Waals surface area (Å²) in [5.74, 6) is 0. The molecule has 0 aromatic heterocycles. The predicted octanol–water partition coefficient (Wildman–Crippen LogP) is 2.61. The van der Waals surface area contributed by atoms with Gasteiger partial charge in [0.15, 0.2) is 0 Å². The van der Waals surface area contributed by atoms with Crippen molar-refractivity contribution in [1.29, 1.82) is 0 Å². The third kappa shape index (κ3) is 1.86. The van der Waals surface area contributed by atoms with Crippen molar-refractivity contribution >= 4 is 0 Å². The molecule has 0 nitrogen and oxygen atoms in total. The maximum Gasteiger partial charge on any atom is 0 e. The summed E-state index contributed by atoms with van der Waals surface area (Å²) in [6.45, 7) is 6.44. The Balaban J connectivity index is 0.000000810. The molecule has 0 N–H and O–H groups in total. The van der Waals surface area contributed by atoms with Crippen molar-refractivity contribution in [3.8, 4) is 0 Å². The second-order valence-electron chi connectivity index (χ2n) is 2.52. The van der Waals surface area contributed by atoms with Crippen LogP contribution in [0.25, 0.3) is 0 Å². The van der Waals surface area contributed by atoms with E-state index in [2.05, 4.69) is 39.0 Å². The van der Waals surface area contributed by atoms with Gasteiger partial charge in [0, 0.05) is 17.1 Å². The van der Waals surface area contributed by atoms with Crippen LogP contribution >= 0.6 is 0 Å². The molecule has 1 rings (SSSR count). The van der Waals surface area contributed by atoms with Crippen LogP contribution in [0.2, 0.25) is 0 Å². The van der Waals surface area contributed by atoms with Crippen molar-refractivity contribution in [3.05, 3.63) is 34.9 Å².